The molecule has 6 aromatic carbocycles. The first-order valence-corrected chi connectivity index (χ1v) is 24.5. The van der Waals surface area contributed by atoms with E-state index >= 15 is 0 Å². The van der Waals surface area contributed by atoms with E-state index in [1.165, 1.54) is 172 Å². The van der Waals surface area contributed by atoms with Crippen molar-refractivity contribution in [2.75, 3.05) is 0 Å². The van der Waals surface area contributed by atoms with Gasteiger partial charge in [0.05, 0.1) is 0 Å². The summed E-state index contributed by atoms with van der Waals surface area (Å²) in [7, 11) is 0. The molecule has 4 atom stereocenters. The van der Waals surface area contributed by atoms with Crippen LogP contribution < -0.4 is 5.22 Å². The van der Waals surface area contributed by atoms with Crippen LogP contribution in [-0.4, -0.2) is 0 Å². The highest BCUT2D eigenvalue weighted by molar-refractivity contribution is 6.13. The van der Waals surface area contributed by atoms with Crippen LogP contribution in [0.5, 0.6) is 0 Å². The number of unbranched alkanes of at least 4 members (excludes halogenated alkanes) is 6. The van der Waals surface area contributed by atoms with Gasteiger partial charge in [0.15, 0.2) is 0 Å². The minimum Gasteiger partial charge on any atom is -0.0763 e. The molecule has 59 heavy (non-hydrogen) atoms. The van der Waals surface area contributed by atoms with E-state index in [9.17, 15) is 0 Å². The molecule has 0 aliphatic heterocycles. The molecule has 2 fully saturated rings. The topological polar surface area (TPSA) is 0 Å². The van der Waals surface area contributed by atoms with Gasteiger partial charge in [0.1, 0.15) is 0 Å². The Hall–Kier alpha value is -3.90. The maximum atomic E-state index is 2.63. The van der Waals surface area contributed by atoms with Gasteiger partial charge in [0.25, 0.3) is 0 Å². The maximum Gasteiger partial charge on any atom is -0.00273 e. The molecule has 0 amide bonds. The molecule has 2 bridgehead atoms. The molecule has 0 aromatic heterocycles. The van der Waals surface area contributed by atoms with Crippen molar-refractivity contribution in [3.8, 4) is 0 Å². The Morgan fingerprint density at radius 3 is 2.00 bits per heavy atom. The molecule has 3 aliphatic rings. The third kappa shape index (κ3) is 8.05. The van der Waals surface area contributed by atoms with Crippen molar-refractivity contribution in [3.05, 3.63) is 124 Å². The van der Waals surface area contributed by atoms with Crippen LogP contribution in [-0.2, 0) is 6.42 Å². The summed E-state index contributed by atoms with van der Waals surface area (Å²) in [6, 6.07) is 36.4. The van der Waals surface area contributed by atoms with Crippen LogP contribution in [0.15, 0.2) is 91.0 Å². The Labute approximate surface area is 356 Å². The zero-order valence-corrected chi connectivity index (χ0v) is 37.2. The summed E-state index contributed by atoms with van der Waals surface area (Å²) in [5.41, 5.74) is 8.05. The highest BCUT2D eigenvalue weighted by Crippen LogP contribution is 2.59. The highest BCUT2D eigenvalue weighted by atomic mass is 14.5. The largest absolute Gasteiger partial charge is 0.0763 e. The first kappa shape index (κ1) is 40.5. The Kier molecular flexibility index (Phi) is 12.3. The molecule has 0 heteroatoms. The molecule has 0 nitrogen and oxygen atoms in total. The molecule has 0 N–H and O–H groups in total. The Morgan fingerprint density at radius 2 is 1.25 bits per heavy atom. The molecule has 6 aromatic rings. The monoisotopic (exact) mass is 781 g/mol. The molecule has 0 saturated heterocycles. The van der Waals surface area contributed by atoms with Crippen LogP contribution >= 0.6 is 0 Å². The van der Waals surface area contributed by atoms with Crippen molar-refractivity contribution in [2.24, 2.45) is 17.3 Å². The minimum absolute atomic E-state index is 0.429. The van der Waals surface area contributed by atoms with Gasteiger partial charge in [0.2, 0.25) is 0 Å². The Balaban J connectivity index is 1.11. The predicted octanol–water partition coefficient (Wildman–Crippen LogP) is 17.1. The fourth-order valence-corrected chi connectivity index (χ4v) is 13.4. The molecular formula is C59H72. The van der Waals surface area contributed by atoms with Crippen LogP contribution in [0.1, 0.15) is 175 Å². The summed E-state index contributed by atoms with van der Waals surface area (Å²) in [6.07, 6.45) is 29.9. The summed E-state index contributed by atoms with van der Waals surface area (Å²) in [6.45, 7) is 9.39. The number of rotatable bonds is 14. The second-order valence-corrected chi connectivity index (χ2v) is 19.9. The van der Waals surface area contributed by atoms with Gasteiger partial charge >= 0.3 is 0 Å². The lowest BCUT2D eigenvalue weighted by Crippen LogP contribution is -2.42. The first-order valence-electron chi connectivity index (χ1n) is 24.5. The second kappa shape index (κ2) is 18.0. The summed E-state index contributed by atoms with van der Waals surface area (Å²) in [5.74, 6) is 2.89. The molecule has 308 valence electrons. The van der Waals surface area contributed by atoms with Gasteiger partial charge < -0.3 is 0 Å². The van der Waals surface area contributed by atoms with Crippen LogP contribution in [0.25, 0.3) is 49.2 Å². The number of hydrogen-bond acceptors (Lipinski definition) is 0. The minimum atomic E-state index is 0.429. The van der Waals surface area contributed by atoms with Gasteiger partial charge in [-0.15, -0.1) is 0 Å². The zero-order valence-electron chi connectivity index (χ0n) is 37.2. The maximum absolute atomic E-state index is 2.63. The Morgan fingerprint density at radius 1 is 0.559 bits per heavy atom. The summed E-state index contributed by atoms with van der Waals surface area (Å²) in [5, 5.41) is 13.3. The third-order valence-corrected chi connectivity index (χ3v) is 16.3. The van der Waals surface area contributed by atoms with Crippen LogP contribution in [0.3, 0.4) is 0 Å². The molecule has 3 aliphatic carbocycles. The number of fused-ring (bicyclic) bond motifs is 1. The van der Waals surface area contributed by atoms with Crippen LogP contribution in [0, 0.1) is 31.1 Å². The van der Waals surface area contributed by atoms with Crippen molar-refractivity contribution in [2.45, 2.75) is 168 Å². The van der Waals surface area contributed by atoms with Gasteiger partial charge in [-0.25, -0.2) is 0 Å². The number of hydrogen-bond donors (Lipinski definition) is 0. The zero-order chi connectivity index (χ0) is 40.3. The fourth-order valence-electron chi connectivity index (χ4n) is 13.4. The quantitative estimate of drug-likeness (QED) is 0.0966. The van der Waals surface area contributed by atoms with Crippen molar-refractivity contribution in [1.29, 1.82) is 0 Å². The van der Waals surface area contributed by atoms with E-state index < -0.39 is 0 Å². The lowest BCUT2D eigenvalue weighted by molar-refractivity contribution is -0.00741. The predicted molar refractivity (Wildman–Crippen MR) is 259 cm³/mol. The van der Waals surface area contributed by atoms with Gasteiger partial charge in [-0.1, -0.05) is 175 Å². The van der Waals surface area contributed by atoms with Crippen molar-refractivity contribution in [3.63, 3.8) is 0 Å². The summed E-state index contributed by atoms with van der Waals surface area (Å²) in [4.78, 5) is 0. The van der Waals surface area contributed by atoms with Gasteiger partial charge in [-0.05, 0) is 184 Å². The lowest BCUT2D eigenvalue weighted by atomic mass is 9.52. The fraction of sp³-hybridized carbons (Fsp3) is 0.492. The summed E-state index contributed by atoms with van der Waals surface area (Å²) < 4.78 is 0. The van der Waals surface area contributed by atoms with Crippen LogP contribution in [0.4, 0.5) is 0 Å². The van der Waals surface area contributed by atoms with Gasteiger partial charge in [-0.2, -0.15) is 0 Å². The first-order chi connectivity index (χ1) is 29.0. The summed E-state index contributed by atoms with van der Waals surface area (Å²) >= 11 is 0. The SMILES string of the molecule is CCCCCCC(CCCCCC)([C@@H]1CCC[C@H](c2ccc3ccc4c5c(ccc2c35)=CCC4)C1)[C@H]1CCCC(c2cc(C)c3ccc4cc(C)ccccc2c3c4)C1. The molecular weight excluding hydrogens is 709 g/mol. The highest BCUT2D eigenvalue weighted by Gasteiger charge is 2.47. The smallest absolute Gasteiger partial charge is 0.00273 e. The van der Waals surface area contributed by atoms with Gasteiger partial charge in [0, 0.05) is 0 Å². The lowest BCUT2D eigenvalue weighted by Gasteiger charge is -2.52. The van der Waals surface area contributed by atoms with Gasteiger partial charge in [-0.3, -0.25) is 0 Å². The molecule has 0 spiro atoms. The second-order valence-electron chi connectivity index (χ2n) is 19.9. The van der Waals surface area contributed by atoms with E-state index in [0.29, 0.717) is 17.3 Å². The average molecular weight is 781 g/mol. The van der Waals surface area contributed by atoms with E-state index in [1.54, 1.807) is 32.8 Å². The van der Waals surface area contributed by atoms with Crippen molar-refractivity contribution >= 4 is 49.2 Å². The standard InChI is InChI=1S/C59H72/c1-5-7-9-13-34-59(35-14-10-8-6-2,49-23-16-21-47(39-49)52-32-29-46-28-27-44-19-15-20-45-30-33-54(52)58(46)57(44)45)50-24-17-22-48(40-50)55-37-42(4)51-31-26-43-36-41(3)18-11-12-25-53(55)56(51)38-43/h11-12,18,20,25-33,36-38,47-50H,5-10,13-17,19,21-24,34-35,39-40H2,1-4H3/t47-,48?,49+,50-/m0/s1. The van der Waals surface area contributed by atoms with E-state index in [0.717, 1.165) is 11.8 Å². The molecule has 1 unspecified atom stereocenters. The molecule has 9 rings (SSSR count). The number of aryl methyl sites for hydroxylation is 3. The average Bonchev–Trinajstić information content (AvgIpc) is 3.27. The normalized spacial score (nSPS) is 21.0. The molecule has 0 heterocycles. The van der Waals surface area contributed by atoms with Crippen molar-refractivity contribution in [1.82, 2.24) is 0 Å². The van der Waals surface area contributed by atoms with Crippen molar-refractivity contribution < 1.29 is 0 Å². The molecule has 0 radical (unpaired) electrons. The third-order valence-electron chi connectivity index (χ3n) is 16.3. The number of benzene rings is 5. The van der Waals surface area contributed by atoms with Crippen LogP contribution in [0.2, 0.25) is 0 Å². The van der Waals surface area contributed by atoms with E-state index in [2.05, 4.69) is 125 Å². The molecule has 2 saturated carbocycles. The van der Waals surface area contributed by atoms with E-state index in [1.807, 2.05) is 0 Å². The van der Waals surface area contributed by atoms with E-state index in [4.69, 9.17) is 0 Å². The Bertz CT molecular complexity index is 2480. The van der Waals surface area contributed by atoms with E-state index in [-0.39, 0.29) is 0 Å².